The second-order valence-electron chi connectivity index (χ2n) is 10.2. The molecule has 1 aromatic carbocycles. The van der Waals surface area contributed by atoms with Gasteiger partial charge in [-0.05, 0) is 37.1 Å². The van der Waals surface area contributed by atoms with Gasteiger partial charge in [-0.1, -0.05) is 32.6 Å². The van der Waals surface area contributed by atoms with Gasteiger partial charge in [0.05, 0.1) is 34.0 Å². The highest BCUT2D eigenvalue weighted by molar-refractivity contribution is 7.22. The van der Waals surface area contributed by atoms with Crippen LogP contribution in [-0.2, 0) is 15.9 Å². The molecule has 5 rings (SSSR count). The number of aromatic nitrogens is 1. The first-order valence-corrected chi connectivity index (χ1v) is 14.5. The summed E-state index contributed by atoms with van der Waals surface area (Å²) in [4.78, 5) is 11.2. The first-order chi connectivity index (χ1) is 17.7. The van der Waals surface area contributed by atoms with Crippen LogP contribution in [0.5, 0.6) is 0 Å². The Morgan fingerprint density at radius 3 is 2.47 bits per heavy atom. The molecule has 194 valence electrons. The zero-order valence-electron chi connectivity index (χ0n) is 22.2. The van der Waals surface area contributed by atoms with Crippen molar-refractivity contribution in [1.29, 1.82) is 0 Å². The van der Waals surface area contributed by atoms with Crippen LogP contribution in [0.15, 0.2) is 24.3 Å². The van der Waals surface area contributed by atoms with Crippen LogP contribution in [0, 0.1) is 0 Å². The van der Waals surface area contributed by atoms with Gasteiger partial charge in [0.15, 0.2) is 13.1 Å². The van der Waals surface area contributed by atoms with Crippen LogP contribution >= 0.6 is 11.3 Å². The fourth-order valence-corrected chi connectivity index (χ4v) is 6.67. The van der Waals surface area contributed by atoms with Crippen molar-refractivity contribution in [3.05, 3.63) is 35.2 Å². The maximum atomic E-state index is 5.72. The van der Waals surface area contributed by atoms with Crippen LogP contribution in [0.3, 0.4) is 0 Å². The number of morpholine rings is 2. The van der Waals surface area contributed by atoms with Gasteiger partial charge in [0.25, 0.3) is 0 Å². The van der Waals surface area contributed by atoms with Crippen molar-refractivity contribution >= 4 is 32.9 Å². The summed E-state index contributed by atoms with van der Waals surface area (Å²) in [7, 11) is 4.37. The lowest BCUT2D eigenvalue weighted by molar-refractivity contribution is 0.0965. The molecule has 0 unspecified atom stereocenters. The van der Waals surface area contributed by atoms with E-state index in [4.69, 9.17) is 14.5 Å². The quantitative estimate of drug-likeness (QED) is 0.252. The number of anilines is 2. The largest absolute Gasteiger partial charge is 0.378 e. The molecule has 0 aromatic heterocycles. The molecule has 3 aliphatic heterocycles. The van der Waals surface area contributed by atoms with Crippen molar-refractivity contribution in [3.63, 3.8) is 0 Å². The molecule has 2 saturated heterocycles. The van der Waals surface area contributed by atoms with Gasteiger partial charge in [0.2, 0.25) is 5.36 Å². The summed E-state index contributed by atoms with van der Waals surface area (Å²) in [5.41, 5.74) is 6.23. The highest BCUT2D eigenvalue weighted by atomic mass is 32.1. The van der Waals surface area contributed by atoms with Gasteiger partial charge in [-0.2, -0.15) is 0 Å². The first kappa shape index (κ1) is 25.4. The van der Waals surface area contributed by atoms with Crippen molar-refractivity contribution in [1.82, 2.24) is 9.56 Å². The smallest absolute Gasteiger partial charge is 0.228 e. The summed E-state index contributed by atoms with van der Waals surface area (Å²) in [5.74, 6) is 0. The van der Waals surface area contributed by atoms with Crippen LogP contribution in [0.1, 0.15) is 44.6 Å². The lowest BCUT2D eigenvalue weighted by Gasteiger charge is -2.29. The predicted octanol–water partition coefficient (Wildman–Crippen LogP) is 4.62. The summed E-state index contributed by atoms with van der Waals surface area (Å²) in [6.45, 7) is 9.26. The van der Waals surface area contributed by atoms with Gasteiger partial charge < -0.3 is 19.3 Å². The van der Waals surface area contributed by atoms with E-state index < -0.39 is 0 Å². The van der Waals surface area contributed by atoms with Crippen LogP contribution in [0.4, 0.5) is 11.4 Å². The minimum absolute atomic E-state index is 0.795. The highest BCUT2D eigenvalue weighted by Crippen LogP contribution is 2.38. The van der Waals surface area contributed by atoms with E-state index in [9.17, 15) is 0 Å². The van der Waals surface area contributed by atoms with Crippen LogP contribution < -0.4 is 19.7 Å². The SMILES string of the molecule is CCCCCCCc1cc2nc3ccc(N4CCOCC4)cc3sc-2c(N(C)C)c1=[N+]1CCOCC1. The zero-order chi connectivity index (χ0) is 24.9. The maximum absolute atomic E-state index is 5.72. The van der Waals surface area contributed by atoms with Crippen LogP contribution in [0.2, 0.25) is 0 Å². The predicted molar refractivity (Wildman–Crippen MR) is 152 cm³/mol. The molecule has 0 N–H and O–H groups in total. The number of fused-ring (bicyclic) bond motifs is 2. The van der Waals surface area contributed by atoms with Crippen LogP contribution in [0.25, 0.3) is 20.8 Å². The molecule has 3 heterocycles. The number of hydrogen-bond acceptors (Lipinski definition) is 6. The molecule has 0 atom stereocenters. The minimum atomic E-state index is 0.795. The number of unbranched alkanes of at least 4 members (excludes halogenated alkanes) is 4. The third-order valence-corrected chi connectivity index (χ3v) is 8.54. The fraction of sp³-hybridized carbons (Fsp3) is 0.586. The molecule has 7 heteroatoms. The number of aryl methyl sites for hydroxylation is 1. The Bertz CT molecular complexity index is 1210. The zero-order valence-corrected chi connectivity index (χ0v) is 23.0. The van der Waals surface area contributed by atoms with Crippen molar-refractivity contribution in [2.24, 2.45) is 0 Å². The molecule has 36 heavy (non-hydrogen) atoms. The van der Waals surface area contributed by atoms with Crippen molar-refractivity contribution in [3.8, 4) is 10.6 Å². The normalized spacial score (nSPS) is 16.8. The molecule has 0 radical (unpaired) electrons. The van der Waals surface area contributed by atoms with E-state index in [1.165, 1.54) is 64.0 Å². The minimum Gasteiger partial charge on any atom is -0.378 e. The molecule has 0 spiro atoms. The lowest BCUT2D eigenvalue weighted by atomic mass is 10.0. The van der Waals surface area contributed by atoms with E-state index >= 15 is 0 Å². The average Bonchev–Trinajstić information content (AvgIpc) is 2.91. The number of ether oxygens (including phenoxy) is 2. The molecule has 0 amide bonds. The Morgan fingerprint density at radius 2 is 1.72 bits per heavy atom. The third kappa shape index (κ3) is 5.53. The van der Waals surface area contributed by atoms with Crippen LogP contribution in [-0.4, -0.2) is 71.7 Å². The van der Waals surface area contributed by atoms with E-state index in [1.807, 2.05) is 11.3 Å². The van der Waals surface area contributed by atoms with E-state index in [0.29, 0.717) is 0 Å². The number of benzene rings is 2. The summed E-state index contributed by atoms with van der Waals surface area (Å²) in [5, 5.41) is 1.40. The van der Waals surface area contributed by atoms with E-state index in [-0.39, 0.29) is 0 Å². The standard InChI is InChI=1S/C29H41N4O2S/c1-4-5-6-7-8-9-22-20-25-29(28(31(2)3)27(22)33-14-18-35-19-15-33)36-26-21-23(10-11-24(26)30-25)32-12-16-34-17-13-32/h10-11,20-21H,4-9,12-19H2,1-3H3/q+1. The molecule has 1 aromatic rings. The first-order valence-electron chi connectivity index (χ1n) is 13.7. The number of rotatable bonds is 8. The lowest BCUT2D eigenvalue weighted by Crippen LogP contribution is -2.43. The molecule has 0 bridgehead atoms. The Morgan fingerprint density at radius 1 is 0.972 bits per heavy atom. The van der Waals surface area contributed by atoms with Gasteiger partial charge in [-0.15, -0.1) is 11.3 Å². The monoisotopic (exact) mass is 509 g/mol. The van der Waals surface area contributed by atoms with Gasteiger partial charge in [0, 0.05) is 38.4 Å². The average molecular weight is 510 g/mol. The van der Waals surface area contributed by atoms with Crippen molar-refractivity contribution < 1.29 is 9.47 Å². The van der Waals surface area contributed by atoms with E-state index in [2.05, 4.69) is 59.7 Å². The second-order valence-corrected chi connectivity index (χ2v) is 11.3. The van der Waals surface area contributed by atoms with Crippen molar-refractivity contribution in [2.45, 2.75) is 45.4 Å². The van der Waals surface area contributed by atoms with Gasteiger partial charge in [-0.25, -0.2) is 9.56 Å². The highest BCUT2D eigenvalue weighted by Gasteiger charge is 2.26. The summed E-state index contributed by atoms with van der Waals surface area (Å²) >= 11 is 1.89. The second kappa shape index (κ2) is 11.9. The van der Waals surface area contributed by atoms with Gasteiger partial charge in [-0.3, -0.25) is 0 Å². The Kier molecular flexibility index (Phi) is 8.40. The molecular formula is C29H41N4O2S+. The maximum Gasteiger partial charge on any atom is 0.228 e. The van der Waals surface area contributed by atoms with Crippen molar-refractivity contribution in [2.75, 3.05) is 76.5 Å². The Balaban J connectivity index is 1.64. The molecule has 4 aliphatic rings. The van der Waals surface area contributed by atoms with Gasteiger partial charge >= 0.3 is 0 Å². The fourth-order valence-electron chi connectivity index (χ4n) is 5.46. The molecule has 1 aliphatic carbocycles. The number of nitrogens with zero attached hydrogens (tertiary/aromatic N) is 4. The Labute approximate surface area is 219 Å². The van der Waals surface area contributed by atoms with E-state index in [1.54, 1.807) is 0 Å². The topological polar surface area (TPSA) is 40.8 Å². The number of hydrogen-bond donors (Lipinski definition) is 0. The van der Waals surface area contributed by atoms with Gasteiger partial charge in [0.1, 0.15) is 18.9 Å². The molecule has 0 saturated carbocycles. The van der Waals surface area contributed by atoms with E-state index in [0.717, 1.165) is 70.2 Å². The molecular weight excluding hydrogens is 468 g/mol. The summed E-state index contributed by atoms with van der Waals surface area (Å²) in [6, 6.07) is 9.14. The summed E-state index contributed by atoms with van der Waals surface area (Å²) < 4.78 is 15.1. The third-order valence-electron chi connectivity index (χ3n) is 7.38. The molecule has 2 fully saturated rings. The molecule has 6 nitrogen and oxygen atoms in total. The summed E-state index contributed by atoms with van der Waals surface area (Å²) in [6.07, 6.45) is 7.57. The Hall–Kier alpha value is -2.22.